The molecule has 1 aromatic heterocycles. The van der Waals surface area contributed by atoms with Gasteiger partial charge in [-0.25, -0.2) is 0 Å². The van der Waals surface area contributed by atoms with E-state index in [9.17, 15) is 4.79 Å². The van der Waals surface area contributed by atoms with E-state index in [1.807, 2.05) is 6.92 Å². The van der Waals surface area contributed by atoms with Crippen molar-refractivity contribution >= 4 is 17.5 Å². The summed E-state index contributed by atoms with van der Waals surface area (Å²) in [6.45, 7) is 2.52. The van der Waals surface area contributed by atoms with Crippen molar-refractivity contribution in [3.05, 3.63) is 29.6 Å². The highest BCUT2D eigenvalue weighted by Gasteiger charge is 2.33. The number of halogens is 1. The highest BCUT2D eigenvalue weighted by Crippen LogP contribution is 2.38. The van der Waals surface area contributed by atoms with Gasteiger partial charge in [0.1, 0.15) is 0 Å². The van der Waals surface area contributed by atoms with Crippen LogP contribution in [0.3, 0.4) is 0 Å². The van der Waals surface area contributed by atoms with E-state index in [4.69, 9.17) is 11.6 Å². The Kier molecular flexibility index (Phi) is 4.23. The summed E-state index contributed by atoms with van der Waals surface area (Å²) in [6.07, 6.45) is 6.36. The molecule has 0 atom stereocenters. The third kappa shape index (κ3) is 2.83. The summed E-state index contributed by atoms with van der Waals surface area (Å²) in [5.41, 5.74) is 1.52. The number of hydrogen-bond donors (Lipinski definition) is 1. The van der Waals surface area contributed by atoms with Crippen molar-refractivity contribution in [3.8, 4) is 0 Å². The first-order chi connectivity index (χ1) is 8.67. The van der Waals surface area contributed by atoms with E-state index < -0.39 is 0 Å². The highest BCUT2D eigenvalue weighted by molar-refractivity contribution is 6.18. The van der Waals surface area contributed by atoms with Gasteiger partial charge < -0.3 is 5.32 Å². The fourth-order valence-electron chi connectivity index (χ4n) is 2.57. The van der Waals surface area contributed by atoms with Gasteiger partial charge in [0.05, 0.1) is 5.56 Å². The van der Waals surface area contributed by atoms with E-state index in [1.165, 1.54) is 12.8 Å². The topological polar surface area (TPSA) is 42.0 Å². The lowest BCUT2D eigenvalue weighted by atomic mass is 9.88. The molecule has 0 bridgehead atoms. The van der Waals surface area contributed by atoms with Crippen molar-refractivity contribution in [2.24, 2.45) is 5.41 Å². The van der Waals surface area contributed by atoms with Gasteiger partial charge in [0.25, 0.3) is 5.91 Å². The molecule has 1 aliphatic carbocycles. The molecule has 0 spiro atoms. The molecule has 1 saturated carbocycles. The third-order valence-electron chi connectivity index (χ3n) is 3.82. The lowest BCUT2D eigenvalue weighted by Crippen LogP contribution is -2.37. The van der Waals surface area contributed by atoms with Crippen LogP contribution in [-0.4, -0.2) is 23.3 Å². The van der Waals surface area contributed by atoms with Gasteiger partial charge in [0.15, 0.2) is 0 Å². The van der Waals surface area contributed by atoms with Gasteiger partial charge in [-0.05, 0) is 31.9 Å². The average Bonchev–Trinajstić information content (AvgIpc) is 2.86. The molecule has 1 fully saturated rings. The zero-order valence-corrected chi connectivity index (χ0v) is 11.5. The van der Waals surface area contributed by atoms with E-state index in [-0.39, 0.29) is 11.3 Å². The molecule has 3 nitrogen and oxygen atoms in total. The smallest absolute Gasteiger partial charge is 0.253 e. The lowest BCUT2D eigenvalue weighted by Gasteiger charge is -2.26. The van der Waals surface area contributed by atoms with Crippen molar-refractivity contribution in [3.63, 3.8) is 0 Å². The summed E-state index contributed by atoms with van der Waals surface area (Å²) >= 11 is 6.06. The van der Waals surface area contributed by atoms with Crippen LogP contribution in [0.2, 0.25) is 0 Å². The summed E-state index contributed by atoms with van der Waals surface area (Å²) in [4.78, 5) is 16.2. The number of nitrogens with one attached hydrogen (secondary N) is 1. The number of amides is 1. The fourth-order valence-corrected chi connectivity index (χ4v) is 2.93. The lowest BCUT2D eigenvalue weighted by molar-refractivity contribution is 0.0934. The Hall–Kier alpha value is -1.09. The van der Waals surface area contributed by atoms with Crippen molar-refractivity contribution in [2.45, 2.75) is 32.6 Å². The van der Waals surface area contributed by atoms with Gasteiger partial charge in [-0.15, -0.1) is 11.6 Å². The van der Waals surface area contributed by atoms with Crippen LogP contribution < -0.4 is 5.32 Å². The van der Waals surface area contributed by atoms with Crippen LogP contribution >= 0.6 is 11.6 Å². The van der Waals surface area contributed by atoms with Crippen molar-refractivity contribution in [1.82, 2.24) is 10.3 Å². The third-order valence-corrected chi connectivity index (χ3v) is 4.39. The van der Waals surface area contributed by atoms with Crippen molar-refractivity contribution in [1.29, 1.82) is 0 Å². The molecule has 0 aromatic carbocycles. The molecule has 0 radical (unpaired) electrons. The number of pyridine rings is 1. The maximum Gasteiger partial charge on any atom is 0.253 e. The standard InChI is InChI=1S/C14H19ClN2O/c1-11-12(5-4-8-16-11)13(18)17-10-14(9-15)6-2-3-7-14/h4-5,8H,2-3,6-7,9-10H2,1H3,(H,17,18). The molecule has 1 N–H and O–H groups in total. The number of aromatic nitrogens is 1. The summed E-state index contributed by atoms with van der Waals surface area (Å²) in [5.74, 6) is 0.580. The van der Waals surface area contributed by atoms with E-state index in [0.29, 0.717) is 18.0 Å². The molecule has 4 heteroatoms. The monoisotopic (exact) mass is 266 g/mol. The van der Waals surface area contributed by atoms with Crippen LogP contribution in [0.5, 0.6) is 0 Å². The molecule has 18 heavy (non-hydrogen) atoms. The molecule has 0 aliphatic heterocycles. The first-order valence-electron chi connectivity index (χ1n) is 6.43. The molecule has 0 saturated heterocycles. The SMILES string of the molecule is Cc1ncccc1C(=O)NCC1(CCl)CCCC1. The van der Waals surface area contributed by atoms with E-state index in [2.05, 4.69) is 10.3 Å². The molecule has 2 rings (SSSR count). The van der Waals surface area contributed by atoms with Crippen LogP contribution in [0.4, 0.5) is 0 Å². The minimum Gasteiger partial charge on any atom is -0.351 e. The normalized spacial score (nSPS) is 17.7. The van der Waals surface area contributed by atoms with Crippen LogP contribution in [0.25, 0.3) is 0 Å². The molecule has 1 amide bonds. The Labute approximate surface area is 113 Å². The van der Waals surface area contributed by atoms with Gasteiger partial charge in [-0.2, -0.15) is 0 Å². The fraction of sp³-hybridized carbons (Fsp3) is 0.571. The van der Waals surface area contributed by atoms with Crippen LogP contribution in [-0.2, 0) is 0 Å². The van der Waals surface area contributed by atoms with Gasteiger partial charge in [-0.3, -0.25) is 9.78 Å². The maximum atomic E-state index is 12.1. The predicted octanol–water partition coefficient (Wildman–Crippen LogP) is 2.92. The Morgan fingerprint density at radius 1 is 1.50 bits per heavy atom. The number of carbonyl (C=O) groups is 1. The summed E-state index contributed by atoms with van der Waals surface area (Å²) in [7, 11) is 0. The van der Waals surface area contributed by atoms with E-state index >= 15 is 0 Å². The summed E-state index contributed by atoms with van der Waals surface area (Å²) < 4.78 is 0. The van der Waals surface area contributed by atoms with Gasteiger partial charge in [0.2, 0.25) is 0 Å². The van der Waals surface area contributed by atoms with Crippen molar-refractivity contribution in [2.75, 3.05) is 12.4 Å². The highest BCUT2D eigenvalue weighted by atomic mass is 35.5. The van der Waals surface area contributed by atoms with Gasteiger partial charge in [0, 0.05) is 29.7 Å². The average molecular weight is 267 g/mol. The predicted molar refractivity (Wildman–Crippen MR) is 72.9 cm³/mol. The van der Waals surface area contributed by atoms with E-state index in [1.54, 1.807) is 18.3 Å². The largest absolute Gasteiger partial charge is 0.351 e. The molecule has 1 aromatic rings. The first-order valence-corrected chi connectivity index (χ1v) is 6.96. The minimum absolute atomic E-state index is 0.0445. The number of nitrogens with zero attached hydrogens (tertiary/aromatic N) is 1. The number of aryl methyl sites for hydroxylation is 1. The second-order valence-electron chi connectivity index (χ2n) is 5.16. The second kappa shape index (κ2) is 5.70. The number of carbonyl (C=O) groups excluding carboxylic acids is 1. The zero-order valence-electron chi connectivity index (χ0n) is 10.7. The second-order valence-corrected chi connectivity index (χ2v) is 5.43. The minimum atomic E-state index is -0.0445. The van der Waals surface area contributed by atoms with Crippen LogP contribution in [0.15, 0.2) is 18.3 Å². The number of rotatable bonds is 4. The van der Waals surface area contributed by atoms with E-state index in [0.717, 1.165) is 18.5 Å². The zero-order chi connectivity index (χ0) is 13.0. The summed E-state index contributed by atoms with van der Waals surface area (Å²) in [5, 5.41) is 3.01. The van der Waals surface area contributed by atoms with Crippen LogP contribution in [0, 0.1) is 12.3 Å². The Bertz CT molecular complexity index is 428. The molecule has 1 aliphatic rings. The molecule has 1 heterocycles. The number of hydrogen-bond acceptors (Lipinski definition) is 2. The molecular weight excluding hydrogens is 248 g/mol. The molecule has 98 valence electrons. The Morgan fingerprint density at radius 3 is 2.83 bits per heavy atom. The van der Waals surface area contributed by atoms with Crippen LogP contribution in [0.1, 0.15) is 41.7 Å². The molecular formula is C14H19ClN2O. The van der Waals surface area contributed by atoms with Gasteiger partial charge >= 0.3 is 0 Å². The van der Waals surface area contributed by atoms with Gasteiger partial charge in [-0.1, -0.05) is 12.8 Å². The number of alkyl halides is 1. The quantitative estimate of drug-likeness (QED) is 0.852. The maximum absolute atomic E-state index is 12.1. The Morgan fingerprint density at radius 2 is 2.22 bits per heavy atom. The summed E-state index contributed by atoms with van der Waals surface area (Å²) in [6, 6.07) is 3.59. The Balaban J connectivity index is 1.98. The molecule has 0 unspecified atom stereocenters. The first kappa shape index (κ1) is 13.3. The van der Waals surface area contributed by atoms with Crippen molar-refractivity contribution < 1.29 is 4.79 Å².